The number of hydrogen-bond donors (Lipinski definition) is 0. The quantitative estimate of drug-likeness (QED) is 0.736. The Morgan fingerprint density at radius 3 is 2.81 bits per heavy atom. The van der Waals surface area contributed by atoms with Crippen molar-refractivity contribution < 1.29 is 22.7 Å². The van der Waals surface area contributed by atoms with Gasteiger partial charge in [0.1, 0.15) is 6.10 Å². The first kappa shape index (κ1) is 18.7. The molecule has 1 aromatic heterocycles. The molecular weight excluding hydrogens is 413 g/mol. The molecule has 0 N–H and O–H groups in total. The second-order valence-electron chi connectivity index (χ2n) is 6.06. The third kappa shape index (κ3) is 4.75. The highest BCUT2D eigenvalue weighted by Crippen LogP contribution is 2.29. The van der Waals surface area contributed by atoms with Gasteiger partial charge in [-0.1, -0.05) is 18.2 Å². The number of carbonyl (C=O) groups is 1. The summed E-state index contributed by atoms with van der Waals surface area (Å²) in [5, 5.41) is 0. The van der Waals surface area contributed by atoms with Crippen molar-refractivity contribution in [2.75, 3.05) is 13.1 Å². The van der Waals surface area contributed by atoms with Crippen molar-refractivity contribution in [1.82, 2.24) is 9.88 Å². The van der Waals surface area contributed by atoms with Crippen LogP contribution in [0.5, 0.6) is 5.88 Å². The van der Waals surface area contributed by atoms with Crippen LogP contribution in [0.15, 0.2) is 47.1 Å². The van der Waals surface area contributed by atoms with E-state index in [4.69, 9.17) is 4.74 Å². The van der Waals surface area contributed by atoms with Crippen molar-refractivity contribution >= 4 is 21.8 Å². The van der Waals surface area contributed by atoms with E-state index in [2.05, 4.69) is 20.9 Å². The first-order valence-corrected chi connectivity index (χ1v) is 8.83. The predicted molar refractivity (Wildman–Crippen MR) is 92.7 cm³/mol. The minimum atomic E-state index is -4.41. The van der Waals surface area contributed by atoms with Crippen LogP contribution in [0.3, 0.4) is 0 Å². The van der Waals surface area contributed by atoms with E-state index in [1.807, 2.05) is 6.07 Å². The normalized spacial score (nSPS) is 17.4. The van der Waals surface area contributed by atoms with Crippen LogP contribution in [-0.4, -0.2) is 35.0 Å². The van der Waals surface area contributed by atoms with Gasteiger partial charge in [0.05, 0.1) is 18.5 Å². The zero-order valence-corrected chi connectivity index (χ0v) is 15.3. The van der Waals surface area contributed by atoms with Crippen molar-refractivity contribution in [3.8, 4) is 5.88 Å². The van der Waals surface area contributed by atoms with Gasteiger partial charge in [-0.2, -0.15) is 13.2 Å². The van der Waals surface area contributed by atoms with Gasteiger partial charge < -0.3 is 9.64 Å². The van der Waals surface area contributed by atoms with Crippen molar-refractivity contribution in [1.29, 1.82) is 0 Å². The topological polar surface area (TPSA) is 42.4 Å². The summed E-state index contributed by atoms with van der Waals surface area (Å²) in [6, 6.07) is 8.42. The zero-order chi connectivity index (χ0) is 18.7. The van der Waals surface area contributed by atoms with Crippen molar-refractivity contribution in [3.05, 3.63) is 58.2 Å². The maximum atomic E-state index is 12.8. The summed E-state index contributed by atoms with van der Waals surface area (Å²) in [7, 11) is 0. The SMILES string of the molecule is O=C(Cc1cccc(C(F)(F)F)c1)N1CCC(Oc2ccc(Br)cn2)C1. The maximum absolute atomic E-state index is 12.8. The number of benzene rings is 1. The Labute approximate surface area is 157 Å². The fourth-order valence-electron chi connectivity index (χ4n) is 2.80. The molecule has 1 amide bonds. The number of amides is 1. The second kappa shape index (κ2) is 7.65. The van der Waals surface area contributed by atoms with E-state index in [0.29, 0.717) is 31.0 Å². The van der Waals surface area contributed by atoms with Gasteiger partial charge in [-0.25, -0.2) is 4.98 Å². The molecule has 0 radical (unpaired) electrons. The molecule has 1 unspecified atom stereocenters. The molecule has 26 heavy (non-hydrogen) atoms. The molecule has 2 aromatic rings. The Kier molecular flexibility index (Phi) is 5.50. The van der Waals surface area contributed by atoms with E-state index in [0.717, 1.165) is 16.6 Å². The lowest BCUT2D eigenvalue weighted by molar-refractivity contribution is -0.138. The molecule has 0 spiro atoms. The molecule has 4 nitrogen and oxygen atoms in total. The zero-order valence-electron chi connectivity index (χ0n) is 13.7. The molecule has 1 aliphatic heterocycles. The summed E-state index contributed by atoms with van der Waals surface area (Å²) < 4.78 is 44.9. The predicted octanol–water partition coefficient (Wildman–Crippen LogP) is 4.09. The van der Waals surface area contributed by atoms with E-state index >= 15 is 0 Å². The lowest BCUT2D eigenvalue weighted by Gasteiger charge is -2.17. The Morgan fingerprint density at radius 2 is 2.12 bits per heavy atom. The number of pyridine rings is 1. The van der Waals surface area contributed by atoms with Gasteiger partial charge in [-0.3, -0.25) is 4.79 Å². The van der Waals surface area contributed by atoms with Crippen molar-refractivity contribution in [2.45, 2.75) is 25.1 Å². The first-order chi connectivity index (χ1) is 12.3. The number of carbonyl (C=O) groups excluding carboxylic acids is 1. The minimum Gasteiger partial charge on any atom is -0.472 e. The Hall–Kier alpha value is -2.09. The van der Waals surface area contributed by atoms with Crippen molar-refractivity contribution in [3.63, 3.8) is 0 Å². The number of nitrogens with zero attached hydrogens (tertiary/aromatic N) is 2. The van der Waals surface area contributed by atoms with Crippen LogP contribution in [0.1, 0.15) is 17.5 Å². The number of halogens is 4. The van der Waals surface area contributed by atoms with Gasteiger partial charge in [0, 0.05) is 29.7 Å². The summed E-state index contributed by atoms with van der Waals surface area (Å²) in [6.07, 6.45) is -2.36. The summed E-state index contributed by atoms with van der Waals surface area (Å²) in [5.41, 5.74) is -0.393. The lowest BCUT2D eigenvalue weighted by Crippen LogP contribution is -2.32. The molecule has 138 valence electrons. The van der Waals surface area contributed by atoms with E-state index in [-0.39, 0.29) is 18.4 Å². The average molecular weight is 429 g/mol. The first-order valence-electron chi connectivity index (χ1n) is 8.03. The summed E-state index contributed by atoms with van der Waals surface area (Å²) in [6.45, 7) is 0.911. The molecular formula is C18H16BrF3N2O2. The molecule has 2 heterocycles. The maximum Gasteiger partial charge on any atom is 0.416 e. The highest BCUT2D eigenvalue weighted by molar-refractivity contribution is 9.10. The molecule has 1 aliphatic rings. The number of rotatable bonds is 4. The van der Waals surface area contributed by atoms with E-state index in [9.17, 15) is 18.0 Å². The summed E-state index contributed by atoms with van der Waals surface area (Å²) >= 11 is 3.29. The van der Waals surface area contributed by atoms with Crippen LogP contribution in [0.4, 0.5) is 13.2 Å². The molecule has 0 bridgehead atoms. The molecule has 0 saturated carbocycles. The van der Waals surface area contributed by atoms with Gasteiger partial charge in [-0.15, -0.1) is 0 Å². The van der Waals surface area contributed by atoms with Crippen LogP contribution in [0.25, 0.3) is 0 Å². The monoisotopic (exact) mass is 428 g/mol. The van der Waals surface area contributed by atoms with Gasteiger partial charge in [-0.05, 0) is 33.6 Å². The molecule has 8 heteroatoms. The largest absolute Gasteiger partial charge is 0.472 e. The molecule has 0 aliphatic carbocycles. The molecule has 1 atom stereocenters. The third-order valence-corrected chi connectivity index (χ3v) is 4.56. The van der Waals surface area contributed by atoms with Gasteiger partial charge in [0.25, 0.3) is 0 Å². The minimum absolute atomic E-state index is 0.0623. The molecule has 3 rings (SSSR count). The number of ether oxygens (including phenoxy) is 1. The Balaban J connectivity index is 1.57. The smallest absolute Gasteiger partial charge is 0.416 e. The van der Waals surface area contributed by atoms with Crippen LogP contribution in [0, 0.1) is 0 Å². The highest BCUT2D eigenvalue weighted by Gasteiger charge is 2.31. The summed E-state index contributed by atoms with van der Waals surface area (Å²) in [4.78, 5) is 18.1. The fraction of sp³-hybridized carbons (Fsp3) is 0.333. The molecule has 1 fully saturated rings. The number of hydrogen-bond acceptors (Lipinski definition) is 3. The Morgan fingerprint density at radius 1 is 1.31 bits per heavy atom. The van der Waals surface area contributed by atoms with Gasteiger partial charge in [0.2, 0.25) is 11.8 Å². The van der Waals surface area contributed by atoms with Crippen LogP contribution >= 0.6 is 15.9 Å². The van der Waals surface area contributed by atoms with E-state index < -0.39 is 11.7 Å². The number of likely N-dealkylation sites (tertiary alicyclic amines) is 1. The second-order valence-corrected chi connectivity index (χ2v) is 6.97. The Bertz CT molecular complexity index is 781. The standard InChI is InChI=1S/C18H16BrF3N2O2/c19-14-4-5-16(23-10-14)26-15-6-7-24(11-15)17(25)9-12-2-1-3-13(8-12)18(20,21)22/h1-5,8,10,15H,6-7,9,11H2. The van der Waals surface area contributed by atoms with Gasteiger partial charge in [0.15, 0.2) is 0 Å². The third-order valence-electron chi connectivity index (χ3n) is 4.10. The van der Waals surface area contributed by atoms with E-state index in [1.165, 1.54) is 12.1 Å². The van der Waals surface area contributed by atoms with Crippen molar-refractivity contribution in [2.24, 2.45) is 0 Å². The lowest BCUT2D eigenvalue weighted by atomic mass is 10.1. The van der Waals surface area contributed by atoms with Crippen LogP contribution in [0.2, 0.25) is 0 Å². The fourth-order valence-corrected chi connectivity index (χ4v) is 3.03. The van der Waals surface area contributed by atoms with E-state index in [1.54, 1.807) is 17.2 Å². The van der Waals surface area contributed by atoms with Crippen LogP contribution < -0.4 is 4.74 Å². The highest BCUT2D eigenvalue weighted by atomic mass is 79.9. The number of aromatic nitrogens is 1. The van der Waals surface area contributed by atoms with Crippen LogP contribution in [-0.2, 0) is 17.4 Å². The van der Waals surface area contributed by atoms with Gasteiger partial charge >= 0.3 is 6.18 Å². The summed E-state index contributed by atoms with van der Waals surface area (Å²) in [5.74, 6) is 0.268. The molecule has 1 aromatic carbocycles. The molecule has 1 saturated heterocycles. The number of alkyl halides is 3. The average Bonchev–Trinajstić information content (AvgIpc) is 3.05.